The Hall–Kier alpha value is -1.60. The van der Waals surface area contributed by atoms with Crippen LogP contribution in [0.5, 0.6) is 0 Å². The maximum atomic E-state index is 12.2. The first-order valence-corrected chi connectivity index (χ1v) is 7.14. The highest BCUT2D eigenvalue weighted by atomic mass is 35.5. The molecule has 1 fully saturated rings. The largest absolute Gasteiger partial charge is 0.468 e. The predicted molar refractivity (Wildman–Crippen MR) is 79.5 cm³/mol. The van der Waals surface area contributed by atoms with Gasteiger partial charge in [-0.25, -0.2) is 4.68 Å². The lowest BCUT2D eigenvalue weighted by Gasteiger charge is -2.24. The number of nitrogens with two attached hydrogens (primary N) is 1. The molecule has 2 heterocycles. The van der Waals surface area contributed by atoms with E-state index in [1.54, 1.807) is 0 Å². The van der Waals surface area contributed by atoms with Crippen LogP contribution in [0.4, 0.5) is 5.69 Å². The third-order valence-electron chi connectivity index (χ3n) is 3.78. The van der Waals surface area contributed by atoms with E-state index in [0.29, 0.717) is 18.2 Å². The number of carbonyl (C=O) groups is 1. The number of anilines is 1. The Labute approximate surface area is 127 Å². The summed E-state index contributed by atoms with van der Waals surface area (Å²) in [7, 11) is 1.25. The van der Waals surface area contributed by atoms with Crippen LogP contribution in [0.3, 0.4) is 0 Å². The highest BCUT2D eigenvalue weighted by Crippen LogP contribution is 2.31. The van der Waals surface area contributed by atoms with Crippen molar-refractivity contribution in [2.45, 2.75) is 25.9 Å². The van der Waals surface area contributed by atoms with E-state index in [4.69, 9.17) is 17.3 Å². The van der Waals surface area contributed by atoms with Crippen molar-refractivity contribution >= 4 is 23.3 Å². The van der Waals surface area contributed by atoms with Gasteiger partial charge in [0.1, 0.15) is 11.6 Å². The van der Waals surface area contributed by atoms with E-state index in [-0.39, 0.29) is 17.6 Å². The second-order valence-corrected chi connectivity index (χ2v) is 5.60. The minimum atomic E-state index is -0.550. The maximum Gasteiger partial charge on any atom is 0.327 e. The fourth-order valence-electron chi connectivity index (χ4n) is 2.60. The number of nitrogens with zero attached hydrogens (tertiary/aromatic N) is 3. The molecule has 8 heteroatoms. The third-order valence-corrected chi connectivity index (χ3v) is 4.13. The highest BCUT2D eigenvalue weighted by molar-refractivity contribution is 6.33. The van der Waals surface area contributed by atoms with E-state index in [1.165, 1.54) is 13.3 Å². The van der Waals surface area contributed by atoms with E-state index in [1.807, 2.05) is 4.90 Å². The van der Waals surface area contributed by atoms with Crippen molar-refractivity contribution in [1.29, 1.82) is 0 Å². The molecule has 0 bridgehead atoms. The van der Waals surface area contributed by atoms with Crippen LogP contribution in [0.2, 0.25) is 5.02 Å². The molecule has 2 atom stereocenters. The molecule has 7 nitrogen and oxygen atoms in total. The Kier molecular flexibility index (Phi) is 4.84. The molecule has 116 valence electrons. The topological polar surface area (TPSA) is 90.5 Å². The Balaban J connectivity index is 2.29. The third kappa shape index (κ3) is 3.19. The quantitative estimate of drug-likeness (QED) is 0.801. The summed E-state index contributed by atoms with van der Waals surface area (Å²) in [6, 6.07) is 0.244. The number of halogens is 1. The van der Waals surface area contributed by atoms with E-state index in [2.05, 4.69) is 16.8 Å². The first kappa shape index (κ1) is 15.8. The summed E-state index contributed by atoms with van der Waals surface area (Å²) in [4.78, 5) is 25.4. The Morgan fingerprint density at radius 3 is 2.90 bits per heavy atom. The smallest absolute Gasteiger partial charge is 0.327 e. The number of esters is 1. The van der Waals surface area contributed by atoms with Gasteiger partial charge in [-0.2, -0.15) is 5.10 Å². The lowest BCUT2D eigenvalue weighted by Crippen LogP contribution is -2.33. The Morgan fingerprint density at radius 1 is 1.62 bits per heavy atom. The summed E-state index contributed by atoms with van der Waals surface area (Å²) in [6.45, 7) is 3.16. The van der Waals surface area contributed by atoms with Gasteiger partial charge in [0.15, 0.2) is 0 Å². The molecule has 0 amide bonds. The number of carbonyl (C=O) groups excluding carboxylic acids is 1. The molecule has 0 spiro atoms. The van der Waals surface area contributed by atoms with Gasteiger partial charge in [-0.1, -0.05) is 11.6 Å². The lowest BCUT2D eigenvalue weighted by molar-refractivity contribution is -0.141. The van der Waals surface area contributed by atoms with Crippen LogP contribution in [0.1, 0.15) is 13.3 Å². The minimum absolute atomic E-state index is 0.0680. The van der Waals surface area contributed by atoms with E-state index in [9.17, 15) is 9.59 Å². The van der Waals surface area contributed by atoms with Crippen LogP contribution in [0.25, 0.3) is 0 Å². The molecule has 21 heavy (non-hydrogen) atoms. The minimum Gasteiger partial charge on any atom is -0.468 e. The standard InChI is InChI=1S/C13H19ClN4O3/c1-8-3-9(4-15)6-17(8)10-5-16-18(7-11(19)21-2)13(20)12(10)14/h5,8-9H,3-4,6-7,15H2,1-2H3. The van der Waals surface area contributed by atoms with Crippen molar-refractivity contribution in [3.63, 3.8) is 0 Å². The van der Waals surface area contributed by atoms with Gasteiger partial charge in [-0.15, -0.1) is 0 Å². The zero-order chi connectivity index (χ0) is 15.6. The molecule has 0 aromatic carbocycles. The van der Waals surface area contributed by atoms with Crippen molar-refractivity contribution in [1.82, 2.24) is 9.78 Å². The van der Waals surface area contributed by atoms with Crippen molar-refractivity contribution in [3.8, 4) is 0 Å². The number of methoxy groups -OCH3 is 1. The summed E-state index contributed by atoms with van der Waals surface area (Å²) >= 11 is 6.16. The van der Waals surface area contributed by atoms with Crippen molar-refractivity contribution in [3.05, 3.63) is 21.6 Å². The molecule has 1 saturated heterocycles. The van der Waals surface area contributed by atoms with Crippen LogP contribution < -0.4 is 16.2 Å². The molecule has 0 saturated carbocycles. The fourth-order valence-corrected chi connectivity index (χ4v) is 2.86. The van der Waals surface area contributed by atoms with Crippen LogP contribution in [-0.2, 0) is 16.1 Å². The second-order valence-electron chi connectivity index (χ2n) is 5.22. The Bertz CT molecular complexity index is 589. The van der Waals surface area contributed by atoms with Gasteiger partial charge < -0.3 is 15.4 Å². The average Bonchev–Trinajstić information content (AvgIpc) is 2.85. The molecule has 2 N–H and O–H groups in total. The number of rotatable bonds is 4. The van der Waals surface area contributed by atoms with Crippen molar-refractivity contribution < 1.29 is 9.53 Å². The predicted octanol–water partition coefficient (Wildman–Crippen LogP) is 0.243. The van der Waals surface area contributed by atoms with E-state index < -0.39 is 11.5 Å². The van der Waals surface area contributed by atoms with E-state index >= 15 is 0 Å². The van der Waals surface area contributed by atoms with Gasteiger partial charge in [-0.3, -0.25) is 9.59 Å². The number of hydrogen-bond acceptors (Lipinski definition) is 6. The SMILES string of the molecule is COC(=O)Cn1ncc(N2CC(CN)CC2C)c(Cl)c1=O. The monoisotopic (exact) mass is 314 g/mol. The molecular formula is C13H19ClN4O3. The van der Waals surface area contributed by atoms with Gasteiger partial charge in [0.05, 0.1) is 19.0 Å². The molecule has 1 aliphatic rings. The van der Waals surface area contributed by atoms with Gasteiger partial charge in [0.25, 0.3) is 5.56 Å². The highest BCUT2D eigenvalue weighted by Gasteiger charge is 2.30. The maximum absolute atomic E-state index is 12.2. The lowest BCUT2D eigenvalue weighted by atomic mass is 10.1. The molecule has 1 aromatic heterocycles. The molecule has 0 aliphatic carbocycles. The molecule has 1 aliphatic heterocycles. The summed E-state index contributed by atoms with van der Waals surface area (Å²) < 4.78 is 5.52. The Morgan fingerprint density at radius 2 is 2.33 bits per heavy atom. The van der Waals surface area contributed by atoms with Crippen LogP contribution >= 0.6 is 11.6 Å². The van der Waals surface area contributed by atoms with Crippen LogP contribution in [0.15, 0.2) is 11.0 Å². The average molecular weight is 315 g/mol. The molecule has 2 unspecified atom stereocenters. The number of hydrogen-bond donors (Lipinski definition) is 1. The summed E-state index contributed by atoms with van der Waals surface area (Å²) in [6.07, 6.45) is 2.47. The number of ether oxygens (including phenoxy) is 1. The van der Waals surface area contributed by atoms with Crippen molar-refractivity contribution in [2.75, 3.05) is 25.1 Å². The molecular weight excluding hydrogens is 296 g/mol. The van der Waals surface area contributed by atoms with E-state index in [0.717, 1.165) is 17.6 Å². The second kappa shape index (κ2) is 6.44. The summed E-state index contributed by atoms with van der Waals surface area (Å²) in [5, 5.41) is 4.07. The molecule has 1 aromatic rings. The van der Waals surface area contributed by atoms with Gasteiger partial charge in [0.2, 0.25) is 0 Å². The van der Waals surface area contributed by atoms with Gasteiger partial charge >= 0.3 is 5.97 Å². The van der Waals surface area contributed by atoms with Crippen LogP contribution in [-0.4, -0.2) is 42.0 Å². The van der Waals surface area contributed by atoms with Gasteiger partial charge in [0, 0.05) is 12.6 Å². The number of aromatic nitrogens is 2. The van der Waals surface area contributed by atoms with Crippen LogP contribution in [0, 0.1) is 5.92 Å². The zero-order valence-corrected chi connectivity index (χ0v) is 12.8. The molecule has 2 rings (SSSR count). The first-order chi connectivity index (χ1) is 9.97. The van der Waals surface area contributed by atoms with Crippen molar-refractivity contribution in [2.24, 2.45) is 11.7 Å². The fraction of sp³-hybridized carbons (Fsp3) is 0.615. The van der Waals surface area contributed by atoms with Gasteiger partial charge in [-0.05, 0) is 25.8 Å². The summed E-state index contributed by atoms with van der Waals surface area (Å²) in [5.74, 6) is -0.167. The summed E-state index contributed by atoms with van der Waals surface area (Å²) in [5.41, 5.74) is 5.80. The first-order valence-electron chi connectivity index (χ1n) is 6.77. The normalized spacial score (nSPS) is 21.6. The molecule has 0 radical (unpaired) electrons. The zero-order valence-electron chi connectivity index (χ0n) is 12.1.